The second-order valence-electron chi connectivity index (χ2n) is 5.67. The van der Waals surface area contributed by atoms with Gasteiger partial charge in [-0.05, 0) is 56.5 Å². The summed E-state index contributed by atoms with van der Waals surface area (Å²) < 4.78 is 13.0. The van der Waals surface area contributed by atoms with Crippen LogP contribution in [0, 0.1) is 0 Å². The first-order valence-corrected chi connectivity index (χ1v) is 8.55. The summed E-state index contributed by atoms with van der Waals surface area (Å²) >= 11 is 4.06. The molecule has 0 atom stereocenters. The lowest BCUT2D eigenvalue weighted by Crippen LogP contribution is -2.32. The van der Waals surface area contributed by atoms with E-state index in [1.807, 2.05) is 39.0 Å². The highest BCUT2D eigenvalue weighted by molar-refractivity contribution is 7.84. The van der Waals surface area contributed by atoms with Gasteiger partial charge in [-0.1, -0.05) is 43.9 Å². The second kappa shape index (κ2) is 12.1. The normalized spacial score (nSPS) is 14.3. The van der Waals surface area contributed by atoms with Crippen LogP contribution in [0.5, 0.6) is 0 Å². The van der Waals surface area contributed by atoms with Crippen molar-refractivity contribution in [3.05, 3.63) is 70.5 Å². The molecule has 0 heterocycles. The van der Waals surface area contributed by atoms with Crippen molar-refractivity contribution >= 4 is 12.6 Å². The molecular formula is C20H31FN2S. The molecule has 0 spiro atoms. The summed E-state index contributed by atoms with van der Waals surface area (Å²) in [6.07, 6.45) is 9.56. The zero-order chi connectivity index (χ0) is 18.7. The molecule has 0 radical (unpaired) electrons. The van der Waals surface area contributed by atoms with Crippen molar-refractivity contribution in [1.29, 1.82) is 0 Å². The Morgan fingerprint density at radius 1 is 1.29 bits per heavy atom. The second-order valence-corrected chi connectivity index (χ2v) is 6.15. The third kappa shape index (κ3) is 8.48. The Labute approximate surface area is 152 Å². The van der Waals surface area contributed by atoms with Crippen LogP contribution in [0.3, 0.4) is 0 Å². The predicted octanol–water partition coefficient (Wildman–Crippen LogP) is 5.52. The number of hydrogen-bond donors (Lipinski definition) is 2. The van der Waals surface area contributed by atoms with Gasteiger partial charge in [-0.25, -0.2) is 9.40 Å². The molecule has 0 unspecified atom stereocenters. The number of allylic oxidation sites excluding steroid dienone is 7. The van der Waals surface area contributed by atoms with Crippen LogP contribution in [0.2, 0.25) is 0 Å². The Morgan fingerprint density at radius 2 is 1.92 bits per heavy atom. The topological polar surface area (TPSA) is 15.3 Å². The van der Waals surface area contributed by atoms with Crippen LogP contribution in [-0.4, -0.2) is 25.6 Å². The zero-order valence-corrected chi connectivity index (χ0v) is 16.5. The van der Waals surface area contributed by atoms with E-state index in [2.05, 4.69) is 50.3 Å². The van der Waals surface area contributed by atoms with Gasteiger partial charge in [0.1, 0.15) is 5.83 Å². The van der Waals surface area contributed by atoms with Gasteiger partial charge in [0.2, 0.25) is 0 Å². The molecule has 0 saturated carbocycles. The lowest BCUT2D eigenvalue weighted by Gasteiger charge is -2.20. The summed E-state index contributed by atoms with van der Waals surface area (Å²) in [6, 6.07) is 0. The molecule has 0 aliphatic rings. The SMILES string of the molecule is C=C(F)/C(S)=C\C=C(/C)CC(=C/C)/C(=C\CC)C(=C)CN(C)NC. The predicted molar refractivity (Wildman–Crippen MR) is 109 cm³/mol. The first-order valence-electron chi connectivity index (χ1n) is 8.10. The van der Waals surface area contributed by atoms with Crippen molar-refractivity contribution in [2.45, 2.75) is 33.6 Å². The van der Waals surface area contributed by atoms with E-state index in [0.717, 1.165) is 30.5 Å². The van der Waals surface area contributed by atoms with E-state index in [4.69, 9.17) is 0 Å². The van der Waals surface area contributed by atoms with Crippen molar-refractivity contribution < 1.29 is 4.39 Å². The summed E-state index contributed by atoms with van der Waals surface area (Å²) in [7, 11) is 3.87. The number of thiol groups is 1. The minimum atomic E-state index is -0.524. The molecule has 0 aromatic carbocycles. The number of rotatable bonds is 10. The van der Waals surface area contributed by atoms with Gasteiger partial charge in [-0.3, -0.25) is 5.43 Å². The lowest BCUT2D eigenvalue weighted by molar-refractivity contribution is 0.285. The number of likely N-dealkylation sites (N-methyl/N-ethyl adjacent to an activating group) is 1. The van der Waals surface area contributed by atoms with Crippen LogP contribution in [0.25, 0.3) is 0 Å². The summed E-state index contributed by atoms with van der Waals surface area (Å²) in [5, 5.41) is 1.99. The van der Waals surface area contributed by atoms with E-state index in [9.17, 15) is 4.39 Å². The van der Waals surface area contributed by atoms with E-state index in [-0.39, 0.29) is 4.91 Å². The standard InChI is InChI=1S/C20H31FN2S/c1-8-10-19(16(4)14-23(7)22-6)18(9-2)13-15(3)11-12-20(24)17(5)21/h9-12,22,24H,4-5,8,13-14H2,1-3,6-7H3/b15-11+,18-9-,19-10-,20-12+. The van der Waals surface area contributed by atoms with Crippen LogP contribution < -0.4 is 5.43 Å². The highest BCUT2D eigenvalue weighted by atomic mass is 32.1. The number of nitrogens with one attached hydrogen (secondary N) is 1. The van der Waals surface area contributed by atoms with Gasteiger partial charge in [-0.2, -0.15) is 0 Å². The molecule has 2 nitrogen and oxygen atoms in total. The van der Waals surface area contributed by atoms with E-state index < -0.39 is 5.83 Å². The minimum absolute atomic E-state index is 0.251. The molecule has 0 aromatic heterocycles. The van der Waals surface area contributed by atoms with Crippen LogP contribution in [-0.2, 0) is 0 Å². The van der Waals surface area contributed by atoms with Crippen molar-refractivity contribution in [2.75, 3.05) is 20.6 Å². The van der Waals surface area contributed by atoms with Crippen molar-refractivity contribution in [3.8, 4) is 0 Å². The first-order chi connectivity index (χ1) is 11.3. The van der Waals surface area contributed by atoms with Crippen LogP contribution in [0.15, 0.2) is 70.5 Å². The fourth-order valence-electron chi connectivity index (χ4n) is 2.18. The first kappa shape index (κ1) is 22.6. The van der Waals surface area contributed by atoms with Crippen LogP contribution in [0.1, 0.15) is 33.6 Å². The van der Waals surface area contributed by atoms with Gasteiger partial charge in [0.05, 0.1) is 0 Å². The van der Waals surface area contributed by atoms with Crippen molar-refractivity contribution in [1.82, 2.24) is 10.4 Å². The largest absolute Gasteiger partial charge is 0.258 e. The Morgan fingerprint density at radius 3 is 2.38 bits per heavy atom. The Bertz CT molecular complexity index is 568. The van der Waals surface area contributed by atoms with E-state index in [0.29, 0.717) is 0 Å². The van der Waals surface area contributed by atoms with Gasteiger partial charge in [0, 0.05) is 18.5 Å². The van der Waals surface area contributed by atoms with E-state index in [1.165, 1.54) is 11.1 Å². The zero-order valence-electron chi connectivity index (χ0n) is 15.6. The molecule has 24 heavy (non-hydrogen) atoms. The maximum Gasteiger partial charge on any atom is 0.129 e. The maximum atomic E-state index is 13.0. The quantitative estimate of drug-likeness (QED) is 0.306. The monoisotopic (exact) mass is 350 g/mol. The van der Waals surface area contributed by atoms with Crippen LogP contribution in [0.4, 0.5) is 4.39 Å². The average molecular weight is 351 g/mol. The summed E-state index contributed by atoms with van der Waals surface area (Å²) in [6.45, 7) is 14.4. The van der Waals surface area contributed by atoms with Crippen LogP contribution >= 0.6 is 12.6 Å². The molecule has 0 bridgehead atoms. The van der Waals surface area contributed by atoms with E-state index in [1.54, 1.807) is 6.08 Å². The third-order valence-corrected chi connectivity index (χ3v) is 3.96. The molecule has 0 aliphatic heterocycles. The highest BCUT2D eigenvalue weighted by Crippen LogP contribution is 2.26. The van der Waals surface area contributed by atoms with E-state index >= 15 is 0 Å². The van der Waals surface area contributed by atoms with Gasteiger partial charge < -0.3 is 0 Å². The van der Waals surface area contributed by atoms with Gasteiger partial charge in [0.15, 0.2) is 0 Å². The lowest BCUT2D eigenvalue weighted by atomic mass is 9.92. The molecular weight excluding hydrogens is 319 g/mol. The van der Waals surface area contributed by atoms with Crippen molar-refractivity contribution in [3.63, 3.8) is 0 Å². The summed E-state index contributed by atoms with van der Waals surface area (Å²) in [4.78, 5) is 0.251. The number of hydrazine groups is 1. The molecule has 4 heteroatoms. The molecule has 0 saturated heterocycles. The average Bonchev–Trinajstić information content (AvgIpc) is 2.55. The smallest absolute Gasteiger partial charge is 0.129 e. The third-order valence-electron chi connectivity index (χ3n) is 3.57. The molecule has 1 N–H and O–H groups in total. The van der Waals surface area contributed by atoms with Gasteiger partial charge >= 0.3 is 0 Å². The highest BCUT2D eigenvalue weighted by Gasteiger charge is 2.10. The fourth-order valence-corrected chi connectivity index (χ4v) is 2.26. The Balaban J connectivity index is 5.30. The molecule has 134 valence electrons. The van der Waals surface area contributed by atoms with Gasteiger partial charge in [0.25, 0.3) is 0 Å². The Hall–Kier alpha value is -1.36. The molecule has 0 aliphatic carbocycles. The number of nitrogens with zero attached hydrogens (tertiary/aromatic N) is 1. The summed E-state index contributed by atoms with van der Waals surface area (Å²) in [5.74, 6) is -0.524. The maximum absolute atomic E-state index is 13.0. The number of halogens is 1. The molecule has 0 amide bonds. The molecule has 0 fully saturated rings. The number of hydrogen-bond acceptors (Lipinski definition) is 3. The fraction of sp³-hybridized carbons (Fsp3) is 0.400. The molecule has 0 rings (SSSR count). The molecule has 0 aromatic rings. The minimum Gasteiger partial charge on any atom is -0.258 e. The van der Waals surface area contributed by atoms with Crippen molar-refractivity contribution in [2.24, 2.45) is 0 Å². The Kier molecular flexibility index (Phi) is 11.4. The summed E-state index contributed by atoms with van der Waals surface area (Å²) in [5.41, 5.74) is 7.67. The van der Waals surface area contributed by atoms with Gasteiger partial charge in [-0.15, -0.1) is 12.6 Å².